The topological polar surface area (TPSA) is 60.2 Å². The fraction of sp³-hybridized carbons (Fsp3) is 0.333. The number of hydrogen-bond acceptors (Lipinski definition) is 5. The van der Waals surface area contributed by atoms with E-state index in [4.69, 9.17) is 9.26 Å². The first-order chi connectivity index (χ1) is 12.7. The maximum atomic E-state index is 6.02. The van der Waals surface area contributed by atoms with Gasteiger partial charge in [0.1, 0.15) is 12.4 Å². The predicted molar refractivity (Wildman–Crippen MR) is 99.7 cm³/mol. The van der Waals surface area contributed by atoms with Gasteiger partial charge in [-0.05, 0) is 50.4 Å². The van der Waals surface area contributed by atoms with E-state index in [1.807, 2.05) is 54.6 Å². The van der Waals surface area contributed by atoms with Crippen LogP contribution in [0.4, 0.5) is 0 Å². The predicted octanol–water partition coefficient (Wildman–Crippen LogP) is 4.30. The summed E-state index contributed by atoms with van der Waals surface area (Å²) < 4.78 is 11.6. The minimum atomic E-state index is -0.247. The van der Waals surface area contributed by atoms with Crippen molar-refractivity contribution in [3.8, 4) is 17.1 Å². The van der Waals surface area contributed by atoms with Gasteiger partial charge in [-0.3, -0.25) is 0 Å². The van der Waals surface area contributed by atoms with Gasteiger partial charge in [-0.15, -0.1) is 0 Å². The van der Waals surface area contributed by atoms with E-state index in [9.17, 15) is 0 Å². The second-order valence-electron chi connectivity index (χ2n) is 6.91. The van der Waals surface area contributed by atoms with Crippen LogP contribution in [0.2, 0.25) is 0 Å². The van der Waals surface area contributed by atoms with E-state index in [-0.39, 0.29) is 5.54 Å². The van der Waals surface area contributed by atoms with Crippen LogP contribution in [0.3, 0.4) is 0 Å². The summed E-state index contributed by atoms with van der Waals surface area (Å²) in [7, 11) is 0. The van der Waals surface area contributed by atoms with Gasteiger partial charge in [0.05, 0.1) is 11.1 Å². The standard InChI is InChI=1S/C21H23N3O2/c1-21(13-7-8-14-22-21)20-23-19(24-26-20)17-11-5-6-12-18(17)25-15-16-9-3-2-4-10-16/h2-6,9-12,22H,7-8,13-15H2,1H3. The third-order valence-corrected chi connectivity index (χ3v) is 4.88. The van der Waals surface area contributed by atoms with Crippen molar-refractivity contribution < 1.29 is 9.26 Å². The Morgan fingerprint density at radius 1 is 1.08 bits per heavy atom. The molecule has 0 radical (unpaired) electrons. The third kappa shape index (κ3) is 3.48. The number of nitrogens with zero attached hydrogens (tertiary/aromatic N) is 2. The van der Waals surface area contributed by atoms with Gasteiger partial charge in [0, 0.05) is 0 Å². The zero-order chi connectivity index (χ0) is 17.8. The number of nitrogens with one attached hydrogen (secondary N) is 1. The van der Waals surface area contributed by atoms with Crippen molar-refractivity contribution in [3.05, 3.63) is 66.1 Å². The van der Waals surface area contributed by atoms with Crippen LogP contribution in [0.15, 0.2) is 59.1 Å². The lowest BCUT2D eigenvalue weighted by Crippen LogP contribution is -2.43. The molecule has 1 aliphatic heterocycles. The van der Waals surface area contributed by atoms with Crippen molar-refractivity contribution >= 4 is 0 Å². The highest BCUT2D eigenvalue weighted by molar-refractivity contribution is 5.63. The molecule has 1 N–H and O–H groups in total. The molecular weight excluding hydrogens is 326 g/mol. The van der Waals surface area contributed by atoms with Crippen LogP contribution in [0.1, 0.15) is 37.6 Å². The average molecular weight is 349 g/mol. The number of piperidine rings is 1. The lowest BCUT2D eigenvalue weighted by atomic mass is 9.91. The van der Waals surface area contributed by atoms with Gasteiger partial charge in [0.15, 0.2) is 0 Å². The molecule has 2 heterocycles. The third-order valence-electron chi connectivity index (χ3n) is 4.88. The maximum Gasteiger partial charge on any atom is 0.246 e. The van der Waals surface area contributed by atoms with Crippen molar-refractivity contribution in [2.45, 2.75) is 38.3 Å². The van der Waals surface area contributed by atoms with Crippen LogP contribution >= 0.6 is 0 Å². The molecule has 5 heteroatoms. The Labute approximate surface area is 153 Å². The summed E-state index contributed by atoms with van der Waals surface area (Å²) in [5.41, 5.74) is 1.72. The summed E-state index contributed by atoms with van der Waals surface area (Å²) in [6.45, 7) is 3.61. The summed E-state index contributed by atoms with van der Waals surface area (Å²) in [4.78, 5) is 4.67. The van der Waals surface area contributed by atoms with Crippen LogP contribution < -0.4 is 10.1 Å². The summed E-state index contributed by atoms with van der Waals surface area (Å²) in [5, 5.41) is 7.73. The second-order valence-corrected chi connectivity index (χ2v) is 6.91. The molecule has 26 heavy (non-hydrogen) atoms. The van der Waals surface area contributed by atoms with Crippen molar-refractivity contribution in [2.24, 2.45) is 0 Å². The van der Waals surface area contributed by atoms with E-state index in [0.717, 1.165) is 36.3 Å². The monoisotopic (exact) mass is 349 g/mol. The first-order valence-electron chi connectivity index (χ1n) is 9.10. The largest absolute Gasteiger partial charge is 0.488 e. The van der Waals surface area contributed by atoms with Gasteiger partial charge >= 0.3 is 0 Å². The van der Waals surface area contributed by atoms with E-state index < -0.39 is 0 Å². The van der Waals surface area contributed by atoms with Crippen LogP contribution in [0.25, 0.3) is 11.4 Å². The number of hydrogen-bond donors (Lipinski definition) is 1. The molecule has 0 aliphatic carbocycles. The van der Waals surface area contributed by atoms with E-state index in [1.54, 1.807) is 0 Å². The summed E-state index contributed by atoms with van der Waals surface area (Å²) in [6.07, 6.45) is 3.35. The average Bonchev–Trinajstić information content (AvgIpc) is 3.19. The zero-order valence-corrected chi connectivity index (χ0v) is 14.9. The molecule has 1 aromatic heterocycles. The SMILES string of the molecule is CC1(c2nc(-c3ccccc3OCc3ccccc3)no2)CCCCN1. The Hall–Kier alpha value is -2.66. The molecular formula is C21H23N3O2. The number of aromatic nitrogens is 2. The number of rotatable bonds is 5. The Bertz CT molecular complexity index is 854. The summed E-state index contributed by atoms with van der Waals surface area (Å²) >= 11 is 0. The molecule has 1 aliphatic rings. The lowest BCUT2D eigenvalue weighted by Gasteiger charge is -2.31. The maximum absolute atomic E-state index is 6.02. The molecule has 3 aromatic rings. The van der Waals surface area contributed by atoms with Gasteiger partial charge < -0.3 is 14.6 Å². The molecule has 1 fully saturated rings. The van der Waals surface area contributed by atoms with Crippen molar-refractivity contribution in [2.75, 3.05) is 6.54 Å². The van der Waals surface area contributed by atoms with Crippen LogP contribution in [0.5, 0.6) is 5.75 Å². The van der Waals surface area contributed by atoms with Crippen LogP contribution in [0, 0.1) is 0 Å². The zero-order valence-electron chi connectivity index (χ0n) is 14.9. The number of benzene rings is 2. The normalized spacial score (nSPS) is 20.0. The van der Waals surface area contributed by atoms with E-state index in [2.05, 4.69) is 22.4 Å². The van der Waals surface area contributed by atoms with E-state index in [0.29, 0.717) is 18.3 Å². The Balaban J connectivity index is 1.56. The van der Waals surface area contributed by atoms with Gasteiger partial charge in [-0.25, -0.2) is 0 Å². The fourth-order valence-electron chi connectivity index (χ4n) is 3.31. The molecule has 0 spiro atoms. The molecule has 2 aromatic carbocycles. The molecule has 5 nitrogen and oxygen atoms in total. The minimum Gasteiger partial charge on any atom is -0.488 e. The van der Waals surface area contributed by atoms with Gasteiger partial charge in [-0.1, -0.05) is 47.6 Å². The Morgan fingerprint density at radius 2 is 1.88 bits per heavy atom. The highest BCUT2D eigenvalue weighted by Gasteiger charge is 2.34. The quantitative estimate of drug-likeness (QED) is 0.744. The highest BCUT2D eigenvalue weighted by atomic mass is 16.5. The lowest BCUT2D eigenvalue weighted by molar-refractivity contribution is 0.207. The van der Waals surface area contributed by atoms with Gasteiger partial charge in [0.2, 0.25) is 11.7 Å². The fourth-order valence-corrected chi connectivity index (χ4v) is 3.31. The first kappa shape index (κ1) is 16.8. The first-order valence-corrected chi connectivity index (χ1v) is 9.10. The Kier molecular flexibility index (Phi) is 4.71. The molecule has 0 amide bonds. The minimum absolute atomic E-state index is 0.247. The molecule has 134 valence electrons. The van der Waals surface area contributed by atoms with Gasteiger partial charge in [0.25, 0.3) is 0 Å². The number of para-hydroxylation sites is 1. The molecule has 0 bridgehead atoms. The summed E-state index contributed by atoms with van der Waals surface area (Å²) in [6, 6.07) is 17.9. The van der Waals surface area contributed by atoms with Crippen molar-refractivity contribution in [3.63, 3.8) is 0 Å². The highest BCUT2D eigenvalue weighted by Crippen LogP contribution is 2.33. The number of ether oxygens (including phenoxy) is 1. The van der Waals surface area contributed by atoms with E-state index in [1.165, 1.54) is 6.42 Å². The second kappa shape index (κ2) is 7.30. The molecule has 0 saturated carbocycles. The summed E-state index contributed by atoms with van der Waals surface area (Å²) in [5.74, 6) is 1.97. The van der Waals surface area contributed by atoms with E-state index >= 15 is 0 Å². The molecule has 1 atom stereocenters. The van der Waals surface area contributed by atoms with Gasteiger partial charge in [-0.2, -0.15) is 4.98 Å². The Morgan fingerprint density at radius 3 is 2.69 bits per heavy atom. The molecule has 1 unspecified atom stereocenters. The van der Waals surface area contributed by atoms with Crippen molar-refractivity contribution in [1.82, 2.24) is 15.5 Å². The smallest absolute Gasteiger partial charge is 0.246 e. The molecule has 1 saturated heterocycles. The van der Waals surface area contributed by atoms with Crippen LogP contribution in [-0.4, -0.2) is 16.7 Å². The molecule has 4 rings (SSSR count). The van der Waals surface area contributed by atoms with Crippen LogP contribution in [-0.2, 0) is 12.1 Å². The van der Waals surface area contributed by atoms with Crippen molar-refractivity contribution in [1.29, 1.82) is 0 Å².